The van der Waals surface area contributed by atoms with Crippen LogP contribution >= 0.6 is 0 Å². The Morgan fingerprint density at radius 3 is 1.07 bits per heavy atom. The van der Waals surface area contributed by atoms with Crippen LogP contribution in [-0.4, -0.2) is 65.5 Å². The van der Waals surface area contributed by atoms with Crippen molar-refractivity contribution in [2.75, 3.05) is 0 Å². The van der Waals surface area contributed by atoms with Crippen molar-refractivity contribution in [3.05, 3.63) is 0 Å². The summed E-state index contributed by atoms with van der Waals surface area (Å²) in [5, 5.41) is 0. The van der Waals surface area contributed by atoms with Gasteiger partial charge < -0.3 is 0 Å². The van der Waals surface area contributed by atoms with E-state index in [0.29, 0.717) is 0 Å². The first-order chi connectivity index (χ1) is 6.08. The van der Waals surface area contributed by atoms with E-state index in [9.17, 15) is 0 Å². The van der Waals surface area contributed by atoms with E-state index in [1.165, 1.54) is 19.3 Å². The average molecular weight is 238 g/mol. The molecular weight excluding hydrogens is 210 g/mol. The fourth-order valence-corrected chi connectivity index (χ4v) is 7.50. The number of hydrogen-bond donors (Lipinski definition) is 0. The molecule has 0 saturated carbocycles. The minimum absolute atomic E-state index is 0. The molecule has 0 radical (unpaired) electrons. The molecule has 0 bridgehead atoms. The van der Waals surface area contributed by atoms with Gasteiger partial charge in [-0.15, -0.1) is 0 Å². The van der Waals surface area contributed by atoms with Crippen molar-refractivity contribution in [3.8, 4) is 0 Å². The van der Waals surface area contributed by atoms with E-state index < -0.39 is 14.1 Å². The summed E-state index contributed by atoms with van der Waals surface area (Å²) in [5.74, 6) is 0. The summed E-state index contributed by atoms with van der Waals surface area (Å²) in [4.78, 5) is 0. The van der Waals surface area contributed by atoms with Crippen LogP contribution in [0.2, 0.25) is 14.3 Å². The first-order valence-corrected chi connectivity index (χ1v) is 8.08. The van der Waals surface area contributed by atoms with Crippen LogP contribution in [0, 0.1) is 0 Å². The van der Waals surface area contributed by atoms with Crippen molar-refractivity contribution >= 4 is 65.5 Å². The van der Waals surface area contributed by atoms with Gasteiger partial charge in [0.15, 0.2) is 0 Å². The van der Waals surface area contributed by atoms with Crippen molar-refractivity contribution in [3.63, 3.8) is 0 Å². The molecule has 0 fully saturated rings. The Kier molecular flexibility index (Phi) is 13.7. The molecular formula is C12H28AlK. The standard InChI is InChI=1S/3C4H9.Al.K.H/c3*1-3-4-2;;;/h3*3H,4H2,1-2H3;;;. The predicted molar refractivity (Wildman–Crippen MR) is 72.0 cm³/mol. The van der Waals surface area contributed by atoms with Crippen LogP contribution < -0.4 is 0 Å². The molecule has 3 atom stereocenters. The van der Waals surface area contributed by atoms with E-state index >= 15 is 0 Å². The molecule has 0 aromatic rings. The van der Waals surface area contributed by atoms with Crippen molar-refractivity contribution < 1.29 is 0 Å². The van der Waals surface area contributed by atoms with Crippen LogP contribution in [0.15, 0.2) is 0 Å². The molecule has 0 N–H and O–H groups in total. The Morgan fingerprint density at radius 1 is 0.714 bits per heavy atom. The van der Waals surface area contributed by atoms with E-state index in [4.69, 9.17) is 0 Å². The molecule has 0 aromatic carbocycles. The van der Waals surface area contributed by atoms with Gasteiger partial charge in [0, 0.05) is 0 Å². The quantitative estimate of drug-likeness (QED) is 0.607. The Labute approximate surface area is 138 Å². The maximum absolute atomic E-state index is 2.48. The molecule has 0 aliphatic rings. The van der Waals surface area contributed by atoms with Crippen LogP contribution in [0.5, 0.6) is 0 Å². The number of hydrogen-bond acceptors (Lipinski definition) is 0. The zero-order valence-electron chi connectivity index (χ0n) is 10.4. The second kappa shape index (κ2) is 10.3. The van der Waals surface area contributed by atoms with Crippen LogP contribution in [0.4, 0.5) is 0 Å². The van der Waals surface area contributed by atoms with E-state index in [1.807, 2.05) is 0 Å². The van der Waals surface area contributed by atoms with Gasteiger partial charge in [-0.25, -0.2) is 0 Å². The second-order valence-corrected chi connectivity index (χ2v) is 9.30. The SMILES string of the molecule is CC[CH](C)[Al]([CH](C)CC)[CH](C)CC.[KH]. The summed E-state index contributed by atoms with van der Waals surface area (Å²) in [6.07, 6.45) is 4.18. The van der Waals surface area contributed by atoms with Gasteiger partial charge in [-0.05, 0) is 0 Å². The number of rotatable bonds is 6. The van der Waals surface area contributed by atoms with Gasteiger partial charge in [0.2, 0.25) is 0 Å². The molecule has 0 aromatic heterocycles. The van der Waals surface area contributed by atoms with Gasteiger partial charge in [0.1, 0.15) is 0 Å². The molecule has 0 rings (SSSR count). The van der Waals surface area contributed by atoms with E-state index in [0.717, 1.165) is 14.3 Å². The summed E-state index contributed by atoms with van der Waals surface area (Å²) < 4.78 is 3.10. The third kappa shape index (κ3) is 6.04. The summed E-state index contributed by atoms with van der Waals surface area (Å²) in [7, 11) is 0. The first-order valence-electron chi connectivity index (χ1n) is 6.08. The van der Waals surface area contributed by atoms with Gasteiger partial charge >= 0.3 is 51.4 Å². The predicted octanol–water partition coefficient (Wildman–Crippen LogP) is 4.23. The average Bonchev–Trinajstić information content (AvgIpc) is 2.16. The molecule has 3 unspecified atom stereocenters. The van der Waals surface area contributed by atoms with E-state index in [1.54, 1.807) is 0 Å². The molecule has 0 amide bonds. The van der Waals surface area contributed by atoms with Crippen LogP contribution in [0.25, 0.3) is 0 Å². The maximum atomic E-state index is 2.48. The van der Waals surface area contributed by atoms with E-state index in [2.05, 4.69) is 41.5 Å². The summed E-state index contributed by atoms with van der Waals surface area (Å²) in [6, 6.07) is 0. The summed E-state index contributed by atoms with van der Waals surface area (Å²) >= 11 is -0.516. The normalized spacial score (nSPS) is 16.7. The molecule has 0 spiro atoms. The molecule has 0 saturated heterocycles. The van der Waals surface area contributed by atoms with Gasteiger partial charge in [0.05, 0.1) is 0 Å². The van der Waals surface area contributed by atoms with E-state index in [-0.39, 0.29) is 51.4 Å². The van der Waals surface area contributed by atoms with Crippen molar-refractivity contribution in [2.24, 2.45) is 0 Å². The van der Waals surface area contributed by atoms with Crippen LogP contribution in [0.3, 0.4) is 0 Å². The van der Waals surface area contributed by atoms with Gasteiger partial charge in [-0.2, -0.15) is 0 Å². The van der Waals surface area contributed by atoms with Crippen LogP contribution in [-0.2, 0) is 0 Å². The molecule has 80 valence electrons. The van der Waals surface area contributed by atoms with Gasteiger partial charge in [-0.3, -0.25) is 0 Å². The van der Waals surface area contributed by atoms with Crippen LogP contribution in [0.1, 0.15) is 60.8 Å². The fourth-order valence-electron chi connectivity index (χ4n) is 2.50. The molecule has 14 heavy (non-hydrogen) atoms. The van der Waals surface area contributed by atoms with Crippen molar-refractivity contribution in [1.82, 2.24) is 0 Å². The Balaban J connectivity index is 0. The first kappa shape index (κ1) is 18.5. The molecule has 0 aliphatic heterocycles. The van der Waals surface area contributed by atoms with Gasteiger partial charge in [0.25, 0.3) is 14.1 Å². The molecule has 0 aliphatic carbocycles. The van der Waals surface area contributed by atoms with Crippen molar-refractivity contribution in [2.45, 2.75) is 75.1 Å². The third-order valence-electron chi connectivity index (χ3n) is 3.90. The topological polar surface area (TPSA) is 0 Å². The fraction of sp³-hybridized carbons (Fsp3) is 1.00. The zero-order chi connectivity index (χ0) is 10.4. The Morgan fingerprint density at radius 2 is 0.929 bits per heavy atom. The second-order valence-electron chi connectivity index (χ2n) is 4.73. The molecule has 2 heteroatoms. The third-order valence-corrected chi connectivity index (χ3v) is 9.26. The molecule has 0 nitrogen and oxygen atoms in total. The Hall–Kier alpha value is 2.17. The van der Waals surface area contributed by atoms with Gasteiger partial charge in [-0.1, -0.05) is 75.1 Å². The summed E-state index contributed by atoms with van der Waals surface area (Å²) in [5.41, 5.74) is 0. The minimum atomic E-state index is -0.516. The monoisotopic (exact) mass is 238 g/mol. The molecule has 0 heterocycles. The van der Waals surface area contributed by atoms with Crippen molar-refractivity contribution in [1.29, 1.82) is 0 Å². The Bertz CT molecular complexity index is 104. The summed E-state index contributed by atoms with van der Waals surface area (Å²) in [6.45, 7) is 14.5. The zero-order valence-corrected chi connectivity index (χ0v) is 11.6.